The first-order valence-corrected chi connectivity index (χ1v) is 5.90. The first kappa shape index (κ1) is 15.1. The summed E-state index contributed by atoms with van der Waals surface area (Å²) in [7, 11) is 2.08. The summed E-state index contributed by atoms with van der Waals surface area (Å²) in [5, 5.41) is 5.84. The van der Waals surface area contributed by atoms with Gasteiger partial charge in [-0.1, -0.05) is 13.0 Å². The van der Waals surface area contributed by atoms with E-state index in [1.165, 1.54) is 0 Å². The van der Waals surface area contributed by atoms with E-state index in [9.17, 15) is 4.79 Å². The molecule has 0 heterocycles. The van der Waals surface area contributed by atoms with Crippen molar-refractivity contribution in [3.05, 3.63) is 12.7 Å². The van der Waals surface area contributed by atoms with Gasteiger partial charge in [0.05, 0.1) is 6.54 Å². The molecule has 1 amide bonds. The first-order valence-electron chi connectivity index (χ1n) is 5.90. The monoisotopic (exact) mass is 227 g/mol. The topological polar surface area (TPSA) is 44.4 Å². The molecule has 0 aliphatic rings. The summed E-state index contributed by atoms with van der Waals surface area (Å²) in [5.74, 6) is 0.0411. The quantitative estimate of drug-likeness (QED) is 0.448. The zero-order valence-corrected chi connectivity index (χ0v) is 10.8. The second-order valence-corrected chi connectivity index (χ2v) is 4.01. The lowest BCUT2D eigenvalue weighted by atomic mass is 10.2. The minimum Gasteiger partial charge on any atom is -0.354 e. The molecule has 0 fully saturated rings. The van der Waals surface area contributed by atoms with Crippen molar-refractivity contribution >= 4 is 5.91 Å². The fraction of sp³-hybridized carbons (Fsp3) is 0.750. The largest absolute Gasteiger partial charge is 0.354 e. The SMILES string of the molecule is C=CCNCC(=O)NCCN(C)C(C)CC. The van der Waals surface area contributed by atoms with Gasteiger partial charge in [0.1, 0.15) is 0 Å². The molecular formula is C12H25N3O. The van der Waals surface area contributed by atoms with Crippen LogP contribution in [0.25, 0.3) is 0 Å². The van der Waals surface area contributed by atoms with Crippen LogP contribution in [-0.4, -0.2) is 50.1 Å². The zero-order chi connectivity index (χ0) is 12.4. The van der Waals surface area contributed by atoms with Crippen LogP contribution in [0.2, 0.25) is 0 Å². The van der Waals surface area contributed by atoms with Crippen LogP contribution in [0.4, 0.5) is 0 Å². The molecule has 0 spiro atoms. The van der Waals surface area contributed by atoms with E-state index in [0.717, 1.165) is 13.0 Å². The highest BCUT2D eigenvalue weighted by atomic mass is 16.1. The van der Waals surface area contributed by atoms with Crippen molar-refractivity contribution in [2.45, 2.75) is 26.3 Å². The minimum atomic E-state index is 0.0411. The molecule has 0 saturated heterocycles. The summed E-state index contributed by atoms with van der Waals surface area (Å²) in [6.07, 6.45) is 2.87. The molecule has 1 unspecified atom stereocenters. The Morgan fingerprint density at radius 1 is 1.56 bits per heavy atom. The molecule has 0 aliphatic carbocycles. The molecule has 1 atom stereocenters. The average molecular weight is 227 g/mol. The number of hydrogen-bond donors (Lipinski definition) is 2. The van der Waals surface area contributed by atoms with Crippen LogP contribution >= 0.6 is 0 Å². The minimum absolute atomic E-state index is 0.0411. The van der Waals surface area contributed by atoms with Crippen molar-refractivity contribution < 1.29 is 4.79 Å². The highest BCUT2D eigenvalue weighted by Crippen LogP contribution is 1.97. The average Bonchev–Trinajstić information content (AvgIpc) is 2.28. The molecule has 2 N–H and O–H groups in total. The standard InChI is InChI=1S/C12H25N3O/c1-5-7-13-10-12(16)14-8-9-15(4)11(3)6-2/h5,11,13H,1,6-10H2,2-4H3,(H,14,16). The lowest BCUT2D eigenvalue weighted by Crippen LogP contribution is -2.40. The van der Waals surface area contributed by atoms with E-state index in [2.05, 4.69) is 43.0 Å². The van der Waals surface area contributed by atoms with E-state index in [1.54, 1.807) is 6.08 Å². The lowest BCUT2D eigenvalue weighted by Gasteiger charge is -2.23. The predicted octanol–water partition coefficient (Wildman–Crippen LogP) is 0.609. The van der Waals surface area contributed by atoms with E-state index in [0.29, 0.717) is 25.7 Å². The number of nitrogens with one attached hydrogen (secondary N) is 2. The number of likely N-dealkylation sites (N-methyl/N-ethyl adjacent to an activating group) is 1. The van der Waals surface area contributed by atoms with Gasteiger partial charge in [0.15, 0.2) is 0 Å². The normalized spacial score (nSPS) is 12.5. The van der Waals surface area contributed by atoms with Crippen molar-refractivity contribution in [2.24, 2.45) is 0 Å². The fourth-order valence-electron chi connectivity index (χ4n) is 1.25. The Kier molecular flexibility index (Phi) is 8.85. The van der Waals surface area contributed by atoms with Crippen molar-refractivity contribution in [3.63, 3.8) is 0 Å². The molecule has 0 radical (unpaired) electrons. The number of nitrogens with zero attached hydrogens (tertiary/aromatic N) is 1. The second-order valence-electron chi connectivity index (χ2n) is 4.01. The third-order valence-electron chi connectivity index (χ3n) is 2.70. The van der Waals surface area contributed by atoms with Crippen molar-refractivity contribution in [2.75, 3.05) is 33.2 Å². The van der Waals surface area contributed by atoms with Crippen LogP contribution in [0.15, 0.2) is 12.7 Å². The molecule has 94 valence electrons. The van der Waals surface area contributed by atoms with Crippen molar-refractivity contribution in [1.82, 2.24) is 15.5 Å². The van der Waals surface area contributed by atoms with E-state index in [1.807, 2.05) is 0 Å². The molecule has 0 aromatic heterocycles. The summed E-state index contributed by atoms with van der Waals surface area (Å²) >= 11 is 0. The number of hydrogen-bond acceptors (Lipinski definition) is 3. The van der Waals surface area contributed by atoms with Crippen molar-refractivity contribution in [3.8, 4) is 0 Å². The van der Waals surface area contributed by atoms with Gasteiger partial charge in [-0.25, -0.2) is 0 Å². The van der Waals surface area contributed by atoms with Gasteiger partial charge in [0.25, 0.3) is 0 Å². The third-order valence-corrected chi connectivity index (χ3v) is 2.70. The van der Waals surface area contributed by atoms with Gasteiger partial charge in [-0.3, -0.25) is 4.79 Å². The zero-order valence-electron chi connectivity index (χ0n) is 10.8. The summed E-state index contributed by atoms with van der Waals surface area (Å²) in [6, 6.07) is 0.566. The van der Waals surface area contributed by atoms with Crippen molar-refractivity contribution in [1.29, 1.82) is 0 Å². The first-order chi connectivity index (χ1) is 7.61. The van der Waals surface area contributed by atoms with Gasteiger partial charge in [0.2, 0.25) is 5.91 Å². The number of carbonyl (C=O) groups excluding carboxylic acids is 1. The van der Waals surface area contributed by atoms with E-state index < -0.39 is 0 Å². The number of carbonyl (C=O) groups is 1. The van der Waals surface area contributed by atoms with Gasteiger partial charge < -0.3 is 15.5 Å². The Balaban J connectivity index is 3.49. The Hall–Kier alpha value is -0.870. The molecule has 0 aromatic carbocycles. The Labute approximate surface area is 99.1 Å². The fourth-order valence-corrected chi connectivity index (χ4v) is 1.25. The van der Waals surface area contributed by atoms with Gasteiger partial charge in [0, 0.05) is 25.7 Å². The molecule has 0 aromatic rings. The van der Waals surface area contributed by atoms with Crippen LogP contribution in [0.5, 0.6) is 0 Å². The summed E-state index contributed by atoms with van der Waals surface area (Å²) in [6.45, 7) is 10.5. The van der Waals surface area contributed by atoms with Crippen LogP contribution < -0.4 is 10.6 Å². The van der Waals surface area contributed by atoms with Gasteiger partial charge in [-0.05, 0) is 20.4 Å². The molecule has 4 heteroatoms. The summed E-state index contributed by atoms with van der Waals surface area (Å²) in [4.78, 5) is 13.6. The van der Waals surface area contributed by atoms with Gasteiger partial charge in [-0.2, -0.15) is 0 Å². The van der Waals surface area contributed by atoms with Crippen LogP contribution in [0.3, 0.4) is 0 Å². The van der Waals surface area contributed by atoms with Crippen LogP contribution in [0.1, 0.15) is 20.3 Å². The Morgan fingerprint density at radius 3 is 2.81 bits per heavy atom. The molecule has 0 saturated carbocycles. The van der Waals surface area contributed by atoms with E-state index >= 15 is 0 Å². The summed E-state index contributed by atoms with van der Waals surface area (Å²) < 4.78 is 0. The smallest absolute Gasteiger partial charge is 0.234 e. The Bertz CT molecular complexity index is 206. The highest BCUT2D eigenvalue weighted by Gasteiger charge is 2.06. The van der Waals surface area contributed by atoms with Gasteiger partial charge in [-0.15, -0.1) is 6.58 Å². The molecule has 16 heavy (non-hydrogen) atoms. The molecule has 0 aliphatic heterocycles. The molecular weight excluding hydrogens is 202 g/mol. The second kappa shape index (κ2) is 9.36. The predicted molar refractivity (Wildman–Crippen MR) is 68.5 cm³/mol. The molecule has 4 nitrogen and oxygen atoms in total. The van der Waals surface area contributed by atoms with E-state index in [-0.39, 0.29) is 5.91 Å². The van der Waals surface area contributed by atoms with E-state index in [4.69, 9.17) is 0 Å². The summed E-state index contributed by atoms with van der Waals surface area (Å²) in [5.41, 5.74) is 0. The van der Waals surface area contributed by atoms with Crippen LogP contribution in [-0.2, 0) is 4.79 Å². The maximum absolute atomic E-state index is 11.3. The maximum Gasteiger partial charge on any atom is 0.234 e. The van der Waals surface area contributed by atoms with Gasteiger partial charge >= 0.3 is 0 Å². The molecule has 0 bridgehead atoms. The number of amides is 1. The number of rotatable bonds is 9. The molecule has 0 rings (SSSR count). The van der Waals surface area contributed by atoms with Crippen LogP contribution in [0, 0.1) is 0 Å². The Morgan fingerprint density at radius 2 is 2.25 bits per heavy atom. The third kappa shape index (κ3) is 7.43. The highest BCUT2D eigenvalue weighted by molar-refractivity contribution is 5.77. The lowest BCUT2D eigenvalue weighted by molar-refractivity contribution is -0.120. The maximum atomic E-state index is 11.3.